The summed E-state index contributed by atoms with van der Waals surface area (Å²) in [5, 5.41) is 10.0. The summed E-state index contributed by atoms with van der Waals surface area (Å²) in [5.74, 6) is 1.64. The van der Waals surface area contributed by atoms with E-state index in [-0.39, 0.29) is 0 Å². The Kier molecular flexibility index (Phi) is 4.99. The lowest BCUT2D eigenvalue weighted by Crippen LogP contribution is -2.01. The molecule has 0 aliphatic heterocycles. The van der Waals surface area contributed by atoms with Crippen molar-refractivity contribution in [1.29, 1.82) is 0 Å². The molecule has 7 heteroatoms. The Hall–Kier alpha value is -1.43. The molecule has 0 aliphatic rings. The fourth-order valence-corrected chi connectivity index (χ4v) is 3.54. The average Bonchev–Trinajstić information content (AvgIpc) is 2.86. The van der Waals surface area contributed by atoms with Gasteiger partial charge in [0.05, 0.1) is 16.7 Å². The third-order valence-electron chi connectivity index (χ3n) is 3.17. The van der Waals surface area contributed by atoms with Crippen LogP contribution in [0.2, 0.25) is 10.0 Å². The minimum atomic E-state index is 0.489. The van der Waals surface area contributed by atoms with Crippen molar-refractivity contribution < 1.29 is 4.74 Å². The molecule has 0 unspecified atom stereocenters. The lowest BCUT2D eigenvalue weighted by molar-refractivity contribution is 0.343. The van der Waals surface area contributed by atoms with Gasteiger partial charge in [-0.1, -0.05) is 41.0 Å². The summed E-state index contributed by atoms with van der Waals surface area (Å²) in [5.41, 5.74) is 2.99. The van der Waals surface area contributed by atoms with Crippen LogP contribution in [0.15, 0.2) is 35.6 Å². The molecule has 0 bridgehead atoms. The van der Waals surface area contributed by atoms with Gasteiger partial charge in [-0.05, 0) is 43.2 Å². The maximum Gasteiger partial charge on any atom is 0.195 e. The van der Waals surface area contributed by atoms with Gasteiger partial charge in [-0.3, -0.25) is 4.40 Å². The first-order valence-corrected chi connectivity index (χ1v) is 8.81. The highest BCUT2D eigenvalue weighted by Gasteiger charge is 2.10. The number of aromatic nitrogens is 3. The number of rotatable bonds is 5. The van der Waals surface area contributed by atoms with Gasteiger partial charge in [-0.2, -0.15) is 0 Å². The van der Waals surface area contributed by atoms with Crippen molar-refractivity contribution in [1.82, 2.24) is 14.6 Å². The minimum absolute atomic E-state index is 0.489. The zero-order chi connectivity index (χ0) is 16.4. The molecular formula is C16H15Cl2N3OS. The average molecular weight is 368 g/mol. The van der Waals surface area contributed by atoms with Crippen LogP contribution in [0.3, 0.4) is 0 Å². The van der Waals surface area contributed by atoms with Crippen molar-refractivity contribution in [2.45, 2.75) is 19.0 Å². The van der Waals surface area contributed by atoms with Crippen molar-refractivity contribution in [3.63, 3.8) is 0 Å². The van der Waals surface area contributed by atoms with Crippen LogP contribution < -0.4 is 4.74 Å². The van der Waals surface area contributed by atoms with E-state index in [1.165, 1.54) is 11.1 Å². The molecule has 0 radical (unpaired) electrons. The van der Waals surface area contributed by atoms with Crippen molar-refractivity contribution in [2.75, 3.05) is 12.4 Å². The monoisotopic (exact) mass is 367 g/mol. The molecule has 3 rings (SSSR count). The highest BCUT2D eigenvalue weighted by molar-refractivity contribution is 7.99. The number of hydrogen-bond donors (Lipinski definition) is 0. The Morgan fingerprint density at radius 2 is 1.83 bits per heavy atom. The molecule has 2 aromatic heterocycles. The van der Waals surface area contributed by atoms with E-state index in [1.54, 1.807) is 28.4 Å². The molecule has 4 nitrogen and oxygen atoms in total. The molecule has 0 fully saturated rings. The normalized spacial score (nSPS) is 11.1. The van der Waals surface area contributed by atoms with Gasteiger partial charge in [0.15, 0.2) is 10.8 Å². The maximum absolute atomic E-state index is 6.10. The zero-order valence-electron chi connectivity index (χ0n) is 12.7. The van der Waals surface area contributed by atoms with Crippen molar-refractivity contribution in [3.8, 4) is 5.75 Å². The first-order chi connectivity index (χ1) is 11.0. The van der Waals surface area contributed by atoms with Gasteiger partial charge >= 0.3 is 0 Å². The smallest absolute Gasteiger partial charge is 0.195 e. The first kappa shape index (κ1) is 16.4. The number of hydrogen-bond acceptors (Lipinski definition) is 4. The van der Waals surface area contributed by atoms with Crippen molar-refractivity contribution >= 4 is 40.6 Å². The van der Waals surface area contributed by atoms with Gasteiger partial charge in [-0.15, -0.1) is 10.2 Å². The molecule has 0 saturated heterocycles. The van der Waals surface area contributed by atoms with E-state index >= 15 is 0 Å². The number of benzene rings is 1. The molecular weight excluding hydrogens is 353 g/mol. The quantitative estimate of drug-likeness (QED) is 0.478. The van der Waals surface area contributed by atoms with Gasteiger partial charge in [0.2, 0.25) is 0 Å². The molecule has 0 amide bonds. The topological polar surface area (TPSA) is 39.4 Å². The van der Waals surface area contributed by atoms with E-state index in [2.05, 4.69) is 30.1 Å². The number of pyridine rings is 1. The number of fused-ring (bicyclic) bond motifs is 1. The fraction of sp³-hybridized carbons (Fsp3) is 0.250. The van der Waals surface area contributed by atoms with Crippen LogP contribution in [0.4, 0.5) is 0 Å². The van der Waals surface area contributed by atoms with Gasteiger partial charge in [0, 0.05) is 11.9 Å². The summed E-state index contributed by atoms with van der Waals surface area (Å²) in [6.45, 7) is 4.70. The summed E-state index contributed by atoms with van der Waals surface area (Å²) >= 11 is 13.7. The lowest BCUT2D eigenvalue weighted by Gasteiger charge is -2.07. The molecule has 120 valence electrons. The number of ether oxygens (including phenoxy) is 1. The van der Waals surface area contributed by atoms with Crippen molar-refractivity contribution in [3.05, 3.63) is 51.6 Å². The highest BCUT2D eigenvalue weighted by Crippen LogP contribution is 2.25. The van der Waals surface area contributed by atoms with E-state index in [1.807, 2.05) is 12.1 Å². The number of aryl methyl sites for hydroxylation is 2. The predicted molar refractivity (Wildman–Crippen MR) is 95.1 cm³/mol. The van der Waals surface area contributed by atoms with E-state index in [0.717, 1.165) is 16.7 Å². The van der Waals surface area contributed by atoms with E-state index in [9.17, 15) is 0 Å². The van der Waals surface area contributed by atoms with Crippen LogP contribution in [0.1, 0.15) is 11.1 Å². The Morgan fingerprint density at radius 1 is 1.09 bits per heavy atom. The molecule has 23 heavy (non-hydrogen) atoms. The minimum Gasteiger partial charge on any atom is -0.493 e. The zero-order valence-corrected chi connectivity index (χ0v) is 15.0. The van der Waals surface area contributed by atoms with Gasteiger partial charge in [0.25, 0.3) is 0 Å². The van der Waals surface area contributed by atoms with E-state index in [0.29, 0.717) is 22.3 Å². The summed E-state index contributed by atoms with van der Waals surface area (Å²) in [4.78, 5) is 0. The second-order valence-corrected chi connectivity index (χ2v) is 7.11. The van der Waals surface area contributed by atoms with Gasteiger partial charge in [-0.25, -0.2) is 0 Å². The van der Waals surface area contributed by atoms with Crippen LogP contribution in [0, 0.1) is 13.8 Å². The summed E-state index contributed by atoms with van der Waals surface area (Å²) < 4.78 is 7.59. The first-order valence-electron chi connectivity index (χ1n) is 7.06. The van der Waals surface area contributed by atoms with E-state index < -0.39 is 0 Å². The van der Waals surface area contributed by atoms with Crippen LogP contribution in [0.25, 0.3) is 5.65 Å². The van der Waals surface area contributed by atoms with Crippen LogP contribution in [-0.4, -0.2) is 27.0 Å². The lowest BCUT2D eigenvalue weighted by atomic mass is 10.1. The van der Waals surface area contributed by atoms with Crippen LogP contribution in [0.5, 0.6) is 5.75 Å². The summed E-state index contributed by atoms with van der Waals surface area (Å²) in [6.07, 6.45) is 1.76. The molecule has 1 aromatic carbocycles. The molecule has 3 aromatic rings. The predicted octanol–water partition coefficient (Wildman–Crippen LogP) is 4.82. The number of nitrogens with zero attached hydrogens (tertiary/aromatic N) is 3. The summed E-state index contributed by atoms with van der Waals surface area (Å²) in [6, 6.07) is 7.84. The van der Waals surface area contributed by atoms with Gasteiger partial charge < -0.3 is 4.74 Å². The maximum atomic E-state index is 6.10. The van der Waals surface area contributed by atoms with Crippen molar-refractivity contribution in [2.24, 2.45) is 0 Å². The van der Waals surface area contributed by atoms with E-state index in [4.69, 9.17) is 27.9 Å². The Morgan fingerprint density at radius 3 is 2.57 bits per heavy atom. The Balaban J connectivity index is 1.63. The third-order valence-corrected chi connectivity index (χ3v) is 4.57. The molecule has 0 spiro atoms. The highest BCUT2D eigenvalue weighted by atomic mass is 35.5. The Labute approximate surface area is 148 Å². The largest absolute Gasteiger partial charge is 0.493 e. The fourth-order valence-electron chi connectivity index (χ4n) is 2.31. The molecule has 0 aliphatic carbocycles. The standard InChI is InChI=1S/C16H15Cl2N3OS/c1-10-5-11(2)7-13(6-10)22-3-4-23-16-20-19-15-14(18)8-12(17)9-21(15)16/h5-9H,3-4H2,1-2H3. The van der Waals surface area contributed by atoms with Crippen LogP contribution in [-0.2, 0) is 0 Å². The second-order valence-electron chi connectivity index (χ2n) is 5.20. The number of thioether (sulfide) groups is 1. The van der Waals surface area contributed by atoms with Gasteiger partial charge in [0.1, 0.15) is 5.75 Å². The molecule has 0 atom stereocenters. The Bertz CT molecular complexity index is 830. The molecule has 2 heterocycles. The third kappa shape index (κ3) is 3.91. The van der Waals surface area contributed by atoms with Crippen LogP contribution >= 0.6 is 35.0 Å². The molecule has 0 saturated carbocycles. The second kappa shape index (κ2) is 6.99. The number of halogens is 2. The molecule has 0 N–H and O–H groups in total. The summed E-state index contributed by atoms with van der Waals surface area (Å²) in [7, 11) is 0. The SMILES string of the molecule is Cc1cc(C)cc(OCCSc2nnc3c(Cl)cc(Cl)cn23)c1.